The van der Waals surface area contributed by atoms with Crippen LogP contribution in [0.1, 0.15) is 12.5 Å². The number of para-hydroxylation sites is 2. The molecule has 0 bridgehead atoms. The molecule has 2 aromatic rings. The molecule has 0 radical (unpaired) electrons. The van der Waals surface area contributed by atoms with E-state index in [9.17, 15) is 14.9 Å². The number of esters is 1. The number of rotatable bonds is 7. The highest BCUT2D eigenvalue weighted by Gasteiger charge is 2.21. The Balaban J connectivity index is 2.07. The lowest BCUT2D eigenvalue weighted by Crippen LogP contribution is -2.30. The molecule has 2 rings (SSSR count). The normalized spacial score (nSPS) is 11.7. The van der Waals surface area contributed by atoms with Crippen molar-refractivity contribution in [2.45, 2.75) is 13.0 Å². The summed E-state index contributed by atoms with van der Waals surface area (Å²) < 4.78 is 15.4. The molecular formula is C21H20N2O5. The van der Waals surface area contributed by atoms with Gasteiger partial charge in [-0.25, -0.2) is 4.79 Å². The molecule has 1 amide bonds. The van der Waals surface area contributed by atoms with E-state index in [1.54, 1.807) is 54.6 Å². The van der Waals surface area contributed by atoms with Gasteiger partial charge in [0.1, 0.15) is 23.1 Å². The standard InChI is InChI=1S/C21H20N2O5/c1-14(20(24)23-18-9-4-5-10-19(18)27-3)28-21(25)16(13-22)11-15-7-6-8-17(12-15)26-2/h4-12,14H,1-3H3,(H,23,24)/b16-11+/t14-/m1/s1. The van der Waals surface area contributed by atoms with Crippen LogP contribution >= 0.6 is 0 Å². The van der Waals surface area contributed by atoms with E-state index in [4.69, 9.17) is 14.2 Å². The number of nitrogens with one attached hydrogen (secondary N) is 1. The van der Waals surface area contributed by atoms with Gasteiger partial charge in [0.2, 0.25) is 0 Å². The molecule has 0 aliphatic heterocycles. The molecule has 0 saturated carbocycles. The maximum absolute atomic E-state index is 12.3. The first-order chi connectivity index (χ1) is 13.5. The molecule has 0 saturated heterocycles. The molecule has 28 heavy (non-hydrogen) atoms. The number of methoxy groups -OCH3 is 2. The summed E-state index contributed by atoms with van der Waals surface area (Å²) in [6, 6.07) is 15.5. The Labute approximate surface area is 163 Å². The van der Waals surface area contributed by atoms with Crippen LogP contribution in [-0.4, -0.2) is 32.2 Å². The fourth-order valence-electron chi connectivity index (χ4n) is 2.29. The molecule has 0 spiro atoms. The van der Waals surface area contributed by atoms with Crippen LogP contribution in [0.3, 0.4) is 0 Å². The Bertz CT molecular complexity index is 930. The van der Waals surface area contributed by atoms with Crippen LogP contribution in [0.4, 0.5) is 5.69 Å². The van der Waals surface area contributed by atoms with Gasteiger partial charge in [0, 0.05) is 0 Å². The smallest absolute Gasteiger partial charge is 0.349 e. The second kappa shape index (κ2) is 9.78. The summed E-state index contributed by atoms with van der Waals surface area (Å²) in [5, 5.41) is 11.9. The molecule has 7 heteroatoms. The summed E-state index contributed by atoms with van der Waals surface area (Å²) in [7, 11) is 3.00. The van der Waals surface area contributed by atoms with Crippen molar-refractivity contribution < 1.29 is 23.8 Å². The molecule has 7 nitrogen and oxygen atoms in total. The van der Waals surface area contributed by atoms with Gasteiger partial charge in [-0.2, -0.15) is 5.26 Å². The van der Waals surface area contributed by atoms with Crippen molar-refractivity contribution in [2.24, 2.45) is 0 Å². The summed E-state index contributed by atoms with van der Waals surface area (Å²) >= 11 is 0. The molecule has 0 aliphatic rings. The number of benzene rings is 2. The lowest BCUT2D eigenvalue weighted by atomic mass is 10.1. The number of carbonyl (C=O) groups is 2. The van der Waals surface area contributed by atoms with Crippen LogP contribution in [0.15, 0.2) is 54.1 Å². The lowest BCUT2D eigenvalue weighted by Gasteiger charge is -2.15. The van der Waals surface area contributed by atoms with Gasteiger partial charge in [-0.1, -0.05) is 24.3 Å². The number of amides is 1. The number of hydrogen-bond acceptors (Lipinski definition) is 6. The quantitative estimate of drug-likeness (QED) is 0.450. The van der Waals surface area contributed by atoms with Gasteiger partial charge in [0.15, 0.2) is 6.10 Å². The van der Waals surface area contributed by atoms with E-state index >= 15 is 0 Å². The summed E-state index contributed by atoms with van der Waals surface area (Å²) in [6.07, 6.45) is 0.259. The van der Waals surface area contributed by atoms with Crippen LogP contribution in [-0.2, 0) is 14.3 Å². The molecule has 1 atom stereocenters. The van der Waals surface area contributed by atoms with Crippen molar-refractivity contribution >= 4 is 23.6 Å². The minimum absolute atomic E-state index is 0.231. The zero-order valence-corrected chi connectivity index (χ0v) is 15.8. The third kappa shape index (κ3) is 5.35. The van der Waals surface area contributed by atoms with Gasteiger partial charge in [0.05, 0.1) is 19.9 Å². The molecular weight excluding hydrogens is 360 g/mol. The first-order valence-electron chi connectivity index (χ1n) is 8.39. The second-order valence-corrected chi connectivity index (χ2v) is 5.68. The monoisotopic (exact) mass is 380 g/mol. The van der Waals surface area contributed by atoms with Crippen LogP contribution in [0.2, 0.25) is 0 Å². The third-order valence-corrected chi connectivity index (χ3v) is 3.76. The van der Waals surface area contributed by atoms with Gasteiger partial charge in [0.25, 0.3) is 5.91 Å². The minimum Gasteiger partial charge on any atom is -0.497 e. The molecule has 0 heterocycles. The van der Waals surface area contributed by atoms with Crippen LogP contribution < -0.4 is 14.8 Å². The largest absolute Gasteiger partial charge is 0.497 e. The number of carbonyl (C=O) groups excluding carboxylic acids is 2. The Morgan fingerprint density at radius 3 is 2.54 bits per heavy atom. The maximum Gasteiger partial charge on any atom is 0.349 e. The summed E-state index contributed by atoms with van der Waals surface area (Å²) in [4.78, 5) is 24.6. The zero-order chi connectivity index (χ0) is 20.5. The maximum atomic E-state index is 12.3. The van der Waals surface area contributed by atoms with Crippen molar-refractivity contribution in [2.75, 3.05) is 19.5 Å². The molecule has 0 unspecified atom stereocenters. The molecule has 0 fully saturated rings. The van der Waals surface area contributed by atoms with Gasteiger partial charge >= 0.3 is 5.97 Å². The molecule has 144 valence electrons. The third-order valence-electron chi connectivity index (χ3n) is 3.76. The zero-order valence-electron chi connectivity index (χ0n) is 15.8. The van der Waals surface area contributed by atoms with E-state index < -0.39 is 18.0 Å². The van der Waals surface area contributed by atoms with Gasteiger partial charge in [-0.05, 0) is 42.8 Å². The van der Waals surface area contributed by atoms with Crippen LogP contribution in [0.25, 0.3) is 6.08 Å². The first kappa shape index (κ1) is 20.5. The highest BCUT2D eigenvalue weighted by molar-refractivity contribution is 6.01. The van der Waals surface area contributed by atoms with E-state index in [-0.39, 0.29) is 5.57 Å². The van der Waals surface area contributed by atoms with Crippen LogP contribution in [0.5, 0.6) is 11.5 Å². The number of anilines is 1. The molecule has 0 aliphatic carbocycles. The van der Waals surface area contributed by atoms with Crippen molar-refractivity contribution in [1.29, 1.82) is 5.26 Å². The molecule has 0 aromatic heterocycles. The average molecular weight is 380 g/mol. The molecule has 2 aromatic carbocycles. The Morgan fingerprint density at radius 2 is 1.86 bits per heavy atom. The Kier molecular flexibility index (Phi) is 7.17. The predicted octanol–water partition coefficient (Wildman–Crippen LogP) is 3.18. The van der Waals surface area contributed by atoms with Gasteiger partial charge in [-0.15, -0.1) is 0 Å². The minimum atomic E-state index is -1.11. The number of nitriles is 1. The van der Waals surface area contributed by atoms with Crippen LogP contribution in [0, 0.1) is 11.3 Å². The van der Waals surface area contributed by atoms with E-state index in [1.807, 2.05) is 0 Å². The highest BCUT2D eigenvalue weighted by Crippen LogP contribution is 2.23. The molecule has 1 N–H and O–H groups in total. The topological polar surface area (TPSA) is 97.6 Å². The van der Waals surface area contributed by atoms with Gasteiger partial charge in [-0.3, -0.25) is 4.79 Å². The summed E-state index contributed by atoms with van der Waals surface area (Å²) in [5.41, 5.74) is 0.814. The van der Waals surface area contributed by atoms with Crippen molar-refractivity contribution in [3.63, 3.8) is 0 Å². The summed E-state index contributed by atoms with van der Waals surface area (Å²) in [5.74, 6) is -0.376. The fraction of sp³-hybridized carbons (Fsp3) is 0.190. The number of ether oxygens (including phenoxy) is 3. The van der Waals surface area contributed by atoms with E-state index in [0.29, 0.717) is 22.7 Å². The Hall–Kier alpha value is -3.79. The van der Waals surface area contributed by atoms with E-state index in [1.165, 1.54) is 27.2 Å². The first-order valence-corrected chi connectivity index (χ1v) is 8.39. The van der Waals surface area contributed by atoms with Crippen molar-refractivity contribution in [3.8, 4) is 17.6 Å². The van der Waals surface area contributed by atoms with Gasteiger partial charge < -0.3 is 19.5 Å². The number of nitrogens with zero attached hydrogens (tertiary/aromatic N) is 1. The second-order valence-electron chi connectivity index (χ2n) is 5.68. The predicted molar refractivity (Wildman–Crippen MR) is 104 cm³/mol. The lowest BCUT2D eigenvalue weighted by molar-refractivity contribution is -0.148. The fourth-order valence-corrected chi connectivity index (χ4v) is 2.29. The van der Waals surface area contributed by atoms with E-state index in [2.05, 4.69) is 5.32 Å². The SMILES string of the molecule is COc1cccc(/C=C(\C#N)C(=O)O[C@H](C)C(=O)Nc2ccccc2OC)c1. The Morgan fingerprint density at radius 1 is 1.11 bits per heavy atom. The van der Waals surface area contributed by atoms with E-state index in [0.717, 1.165) is 0 Å². The highest BCUT2D eigenvalue weighted by atomic mass is 16.5. The van der Waals surface area contributed by atoms with Crippen molar-refractivity contribution in [1.82, 2.24) is 0 Å². The summed E-state index contributed by atoms with van der Waals surface area (Å²) in [6.45, 7) is 1.42. The average Bonchev–Trinajstić information content (AvgIpc) is 2.72. The van der Waals surface area contributed by atoms with Crippen molar-refractivity contribution in [3.05, 3.63) is 59.7 Å². The number of hydrogen-bond donors (Lipinski definition) is 1.